The van der Waals surface area contributed by atoms with Gasteiger partial charge in [-0.15, -0.1) is 11.3 Å². The Morgan fingerprint density at radius 1 is 1.25 bits per heavy atom. The average molecular weight is 397 g/mol. The molecular weight excluding hydrogens is 372 g/mol. The van der Waals surface area contributed by atoms with Crippen molar-refractivity contribution in [2.75, 3.05) is 18.5 Å². The molecule has 0 unspecified atom stereocenters. The van der Waals surface area contributed by atoms with Crippen molar-refractivity contribution in [3.05, 3.63) is 65.2 Å². The Balaban J connectivity index is 1.34. The highest BCUT2D eigenvalue weighted by molar-refractivity contribution is 7.13. The van der Waals surface area contributed by atoms with Gasteiger partial charge in [0.2, 0.25) is 0 Å². The molecule has 0 aliphatic carbocycles. The van der Waals surface area contributed by atoms with Gasteiger partial charge in [-0.1, -0.05) is 0 Å². The summed E-state index contributed by atoms with van der Waals surface area (Å²) in [4.78, 5) is 21.3. The number of nitrogens with zero attached hydrogens (tertiary/aromatic N) is 3. The second-order valence-corrected chi connectivity index (χ2v) is 7.93. The maximum Gasteiger partial charge on any atom is 0.274 e. The number of aryl methyl sites for hydroxylation is 1. The molecule has 1 fully saturated rings. The molecule has 4 rings (SSSR count). The van der Waals surface area contributed by atoms with E-state index in [0.29, 0.717) is 17.4 Å². The third-order valence-electron chi connectivity index (χ3n) is 5.09. The molecule has 1 aliphatic heterocycles. The fourth-order valence-electron chi connectivity index (χ4n) is 3.47. The Bertz CT molecular complexity index is 900. The summed E-state index contributed by atoms with van der Waals surface area (Å²) in [5.74, 6) is 0.592. The first-order valence-corrected chi connectivity index (χ1v) is 10.5. The number of hydrogen-bond acceptors (Lipinski definition) is 5. The number of thiazole rings is 1. The topological polar surface area (TPSA) is 69.0 Å². The van der Waals surface area contributed by atoms with Crippen molar-refractivity contribution in [3.8, 4) is 0 Å². The Hall–Kier alpha value is -2.51. The van der Waals surface area contributed by atoms with Gasteiger partial charge < -0.3 is 9.30 Å². The number of pyridine rings is 1. The van der Waals surface area contributed by atoms with Crippen LogP contribution in [0.15, 0.2) is 48.2 Å². The largest absolute Gasteiger partial charge is 0.381 e. The minimum atomic E-state index is -0.135. The van der Waals surface area contributed by atoms with Crippen molar-refractivity contribution < 1.29 is 9.53 Å². The number of hydrogen-bond donors (Lipinski definition) is 1. The lowest BCUT2D eigenvalue weighted by Crippen LogP contribution is -2.17. The summed E-state index contributed by atoms with van der Waals surface area (Å²) in [5.41, 5.74) is 2.78. The molecule has 0 atom stereocenters. The predicted octanol–water partition coefficient (Wildman–Crippen LogP) is 4.00. The van der Waals surface area contributed by atoms with Gasteiger partial charge in [-0.25, -0.2) is 4.98 Å². The Labute approximate surface area is 168 Å². The summed E-state index contributed by atoms with van der Waals surface area (Å²) in [6, 6.07) is 7.62. The number of nitrogens with one attached hydrogen (secondary N) is 1. The highest BCUT2D eigenvalue weighted by Crippen LogP contribution is 2.23. The minimum absolute atomic E-state index is 0.135. The first kappa shape index (κ1) is 18.8. The van der Waals surface area contributed by atoms with Gasteiger partial charge in [-0.3, -0.25) is 15.1 Å². The molecule has 7 heteroatoms. The van der Waals surface area contributed by atoms with Gasteiger partial charge >= 0.3 is 0 Å². The van der Waals surface area contributed by atoms with Crippen LogP contribution in [0.3, 0.4) is 0 Å². The van der Waals surface area contributed by atoms with Crippen molar-refractivity contribution in [1.29, 1.82) is 0 Å². The molecule has 6 nitrogen and oxygen atoms in total. The highest BCUT2D eigenvalue weighted by Gasteiger charge is 2.16. The quantitative estimate of drug-likeness (QED) is 0.655. The first-order chi connectivity index (χ1) is 13.8. The van der Waals surface area contributed by atoms with E-state index in [1.54, 1.807) is 12.4 Å². The molecule has 1 amide bonds. The van der Waals surface area contributed by atoms with Crippen LogP contribution in [0.2, 0.25) is 0 Å². The summed E-state index contributed by atoms with van der Waals surface area (Å²) >= 11 is 1.49. The van der Waals surface area contributed by atoms with Crippen LogP contribution in [-0.2, 0) is 17.7 Å². The molecule has 0 spiro atoms. The van der Waals surface area contributed by atoms with E-state index in [4.69, 9.17) is 4.74 Å². The van der Waals surface area contributed by atoms with Crippen molar-refractivity contribution in [3.63, 3.8) is 0 Å². The maximum atomic E-state index is 12.7. The number of carbonyl (C=O) groups excluding carboxylic acids is 1. The zero-order valence-electron chi connectivity index (χ0n) is 15.7. The number of anilines is 1. The monoisotopic (exact) mass is 396 g/mol. The molecule has 1 saturated heterocycles. The lowest BCUT2D eigenvalue weighted by atomic mass is 9.94. The van der Waals surface area contributed by atoms with Crippen LogP contribution in [0, 0.1) is 5.92 Å². The normalized spacial score (nSPS) is 14.9. The summed E-state index contributed by atoms with van der Waals surface area (Å²) in [5, 5.41) is 5.65. The fourth-order valence-corrected chi connectivity index (χ4v) is 4.21. The van der Waals surface area contributed by atoms with Crippen LogP contribution < -0.4 is 5.32 Å². The Kier molecular flexibility index (Phi) is 6.14. The van der Waals surface area contributed by atoms with E-state index in [-0.39, 0.29) is 5.91 Å². The first-order valence-electron chi connectivity index (χ1n) is 9.65. The van der Waals surface area contributed by atoms with Crippen LogP contribution in [-0.4, -0.2) is 33.7 Å². The van der Waals surface area contributed by atoms with Crippen LogP contribution in [0.5, 0.6) is 0 Å². The molecule has 0 saturated carbocycles. The zero-order valence-corrected chi connectivity index (χ0v) is 16.5. The number of ether oxygens (including phenoxy) is 1. The van der Waals surface area contributed by atoms with E-state index in [1.165, 1.54) is 11.3 Å². The molecule has 0 radical (unpaired) electrons. The van der Waals surface area contributed by atoms with Gasteiger partial charge in [0.15, 0.2) is 5.13 Å². The second-order valence-electron chi connectivity index (χ2n) is 7.07. The third kappa shape index (κ3) is 4.85. The molecule has 0 bridgehead atoms. The number of carbonyl (C=O) groups is 1. The van der Waals surface area contributed by atoms with E-state index in [1.807, 2.05) is 40.4 Å². The van der Waals surface area contributed by atoms with Gasteiger partial charge in [-0.05, 0) is 61.4 Å². The van der Waals surface area contributed by atoms with Crippen LogP contribution in [0.25, 0.3) is 0 Å². The summed E-state index contributed by atoms with van der Waals surface area (Å²) < 4.78 is 7.35. The van der Waals surface area contributed by atoms with Crippen LogP contribution >= 0.6 is 11.3 Å². The molecule has 4 heterocycles. The molecular formula is C21H24N4O2S. The number of aromatic nitrogens is 3. The Morgan fingerprint density at radius 2 is 2.07 bits per heavy atom. The van der Waals surface area contributed by atoms with E-state index in [2.05, 4.69) is 15.3 Å². The minimum Gasteiger partial charge on any atom is -0.381 e. The predicted molar refractivity (Wildman–Crippen MR) is 110 cm³/mol. The SMILES string of the molecule is O=C(Nc1nc(CCC2CCOCC2)cs1)c1cccn1Cc1ccncc1. The average Bonchev–Trinajstić information content (AvgIpc) is 3.37. The lowest BCUT2D eigenvalue weighted by Gasteiger charge is -2.21. The van der Waals surface area contributed by atoms with Crippen molar-refractivity contribution in [1.82, 2.24) is 14.5 Å². The van der Waals surface area contributed by atoms with Gasteiger partial charge in [-0.2, -0.15) is 0 Å². The van der Waals surface area contributed by atoms with Crippen molar-refractivity contribution in [2.45, 2.75) is 32.2 Å². The molecule has 0 aromatic carbocycles. The second kappa shape index (κ2) is 9.12. The Morgan fingerprint density at radius 3 is 2.89 bits per heavy atom. The standard InChI is InChI=1S/C21H24N4O2S/c26-20(19-2-1-11-25(19)14-17-5-9-22-10-6-17)24-21-23-18(15-28-21)4-3-16-7-12-27-13-8-16/h1-2,5-6,9-11,15-16H,3-4,7-8,12-14H2,(H,23,24,26). The number of rotatable bonds is 7. The van der Waals surface area contributed by atoms with E-state index >= 15 is 0 Å². The maximum absolute atomic E-state index is 12.7. The van der Waals surface area contributed by atoms with E-state index in [9.17, 15) is 4.79 Å². The summed E-state index contributed by atoms with van der Waals surface area (Å²) in [7, 11) is 0. The molecule has 146 valence electrons. The van der Waals surface area contributed by atoms with Crippen molar-refractivity contribution >= 4 is 22.4 Å². The van der Waals surface area contributed by atoms with E-state index in [0.717, 1.165) is 56.1 Å². The molecule has 1 N–H and O–H groups in total. The van der Waals surface area contributed by atoms with Gasteiger partial charge in [0.25, 0.3) is 5.91 Å². The molecule has 3 aromatic rings. The molecule has 28 heavy (non-hydrogen) atoms. The lowest BCUT2D eigenvalue weighted by molar-refractivity contribution is 0.0639. The third-order valence-corrected chi connectivity index (χ3v) is 5.89. The van der Waals surface area contributed by atoms with Gasteiger partial charge in [0.1, 0.15) is 5.69 Å². The van der Waals surface area contributed by atoms with Crippen molar-refractivity contribution in [2.24, 2.45) is 5.92 Å². The molecule has 1 aliphatic rings. The van der Waals surface area contributed by atoms with Crippen LogP contribution in [0.4, 0.5) is 5.13 Å². The van der Waals surface area contributed by atoms with Crippen LogP contribution in [0.1, 0.15) is 41.0 Å². The van der Waals surface area contributed by atoms with Gasteiger partial charge in [0.05, 0.1) is 5.69 Å². The molecule has 3 aromatic heterocycles. The number of amides is 1. The summed E-state index contributed by atoms with van der Waals surface area (Å²) in [6.45, 7) is 2.39. The fraction of sp³-hybridized carbons (Fsp3) is 0.381. The zero-order chi connectivity index (χ0) is 19.2. The van der Waals surface area contributed by atoms with Gasteiger partial charge in [0, 0.05) is 43.7 Å². The smallest absolute Gasteiger partial charge is 0.274 e. The highest BCUT2D eigenvalue weighted by atomic mass is 32.1. The summed E-state index contributed by atoms with van der Waals surface area (Å²) in [6.07, 6.45) is 9.80. The van der Waals surface area contributed by atoms with E-state index < -0.39 is 0 Å².